The number of fused-ring (bicyclic) bond motifs is 1. The van der Waals surface area contributed by atoms with Gasteiger partial charge in [0.25, 0.3) is 5.91 Å². The van der Waals surface area contributed by atoms with Crippen molar-refractivity contribution >= 4 is 68.9 Å². The molecular formula is C24H22Cl2N6O2S. The van der Waals surface area contributed by atoms with Crippen LogP contribution < -0.4 is 0 Å². The lowest BCUT2D eigenvalue weighted by Crippen LogP contribution is -2.35. The number of carbonyl (C=O) groups is 2. The molecule has 180 valence electrons. The van der Waals surface area contributed by atoms with E-state index in [9.17, 15) is 9.59 Å². The Morgan fingerprint density at radius 3 is 2.69 bits per heavy atom. The van der Waals surface area contributed by atoms with Gasteiger partial charge in [-0.15, -0.1) is 0 Å². The zero-order chi connectivity index (χ0) is 24.9. The van der Waals surface area contributed by atoms with E-state index >= 15 is 0 Å². The van der Waals surface area contributed by atoms with Crippen LogP contribution in [0.3, 0.4) is 0 Å². The summed E-state index contributed by atoms with van der Waals surface area (Å²) >= 11 is 13.8. The lowest BCUT2D eigenvalue weighted by atomic mass is 10.1. The second kappa shape index (κ2) is 9.29. The Hall–Kier alpha value is -2.88. The molecule has 2 aromatic rings. The summed E-state index contributed by atoms with van der Waals surface area (Å²) in [6, 6.07) is 7.17. The van der Waals surface area contributed by atoms with Gasteiger partial charge in [0.15, 0.2) is 5.84 Å². The summed E-state index contributed by atoms with van der Waals surface area (Å²) in [7, 11) is 0. The fraction of sp³-hybridized carbons (Fsp3) is 0.292. The van der Waals surface area contributed by atoms with E-state index in [0.29, 0.717) is 20.3 Å². The van der Waals surface area contributed by atoms with Gasteiger partial charge in [-0.05, 0) is 74.4 Å². The number of carbonyl (C=O) groups excluding carboxylic acids is 2. The van der Waals surface area contributed by atoms with E-state index in [1.165, 1.54) is 16.8 Å². The van der Waals surface area contributed by atoms with Crippen LogP contribution in [0.15, 0.2) is 39.9 Å². The number of aryl methyl sites for hydroxylation is 1. The number of aromatic nitrogens is 1. The molecule has 35 heavy (non-hydrogen) atoms. The minimum atomic E-state index is -0.512. The number of nitrogens with zero attached hydrogens (tertiary/aromatic N) is 5. The molecule has 1 aromatic heterocycles. The third kappa shape index (κ3) is 4.44. The number of benzene rings is 1. The molecular weight excluding hydrogens is 507 g/mol. The molecule has 1 N–H and O–H groups in total. The van der Waals surface area contributed by atoms with Crippen molar-refractivity contribution in [3.63, 3.8) is 0 Å². The topological polar surface area (TPSA) is 94.1 Å². The first-order valence-electron chi connectivity index (χ1n) is 11.1. The molecule has 0 radical (unpaired) electrons. The maximum atomic E-state index is 12.9. The summed E-state index contributed by atoms with van der Waals surface area (Å²) in [6.07, 6.45) is 3.82. The first-order chi connectivity index (χ1) is 16.7. The number of hydrogen-bond acceptors (Lipinski definition) is 5. The number of hydrogen-bond donors (Lipinski definition) is 1. The number of amides is 2. The Labute approximate surface area is 216 Å². The Morgan fingerprint density at radius 2 is 1.94 bits per heavy atom. The van der Waals surface area contributed by atoms with Crippen LogP contribution in [0.2, 0.25) is 10.0 Å². The smallest absolute Gasteiger partial charge is 0.283 e. The lowest BCUT2D eigenvalue weighted by Gasteiger charge is -2.20. The van der Waals surface area contributed by atoms with Gasteiger partial charge < -0.3 is 9.47 Å². The van der Waals surface area contributed by atoms with Crippen molar-refractivity contribution in [3.8, 4) is 5.69 Å². The third-order valence-electron chi connectivity index (χ3n) is 6.18. The average molecular weight is 529 g/mol. The maximum Gasteiger partial charge on any atom is 0.283 e. The van der Waals surface area contributed by atoms with Crippen molar-refractivity contribution in [2.24, 2.45) is 10.1 Å². The van der Waals surface area contributed by atoms with E-state index in [4.69, 9.17) is 28.6 Å². The van der Waals surface area contributed by atoms with E-state index in [0.717, 1.165) is 48.6 Å². The summed E-state index contributed by atoms with van der Waals surface area (Å²) in [5, 5.41) is 16.3. The third-order valence-corrected chi connectivity index (χ3v) is 7.64. The number of likely N-dealkylation sites (tertiary alicyclic amines) is 1. The standard InChI is InChI=1S/C24H22Cl2N6O2S/c1-13-9-15(14(2)31(13)19-11-16(25)5-6-18(19)26)10-17-22(27)32-24(28-23(17)34)35-20(29-32)12-21(33)30-7-3-4-8-30/h5-6,9-11,27H,3-4,7-8,12H2,1-2H3/b17-10-,27-22?. The second-order valence-electron chi connectivity index (χ2n) is 8.54. The molecule has 2 amide bonds. The fourth-order valence-electron chi connectivity index (χ4n) is 4.43. The highest BCUT2D eigenvalue weighted by Crippen LogP contribution is 2.32. The van der Waals surface area contributed by atoms with E-state index < -0.39 is 5.91 Å². The summed E-state index contributed by atoms with van der Waals surface area (Å²) < 4.78 is 1.96. The van der Waals surface area contributed by atoms with Gasteiger partial charge in [0.2, 0.25) is 11.1 Å². The Balaban J connectivity index is 1.43. The minimum absolute atomic E-state index is 0.00920. The second-order valence-corrected chi connectivity index (χ2v) is 10.4. The molecule has 0 saturated carbocycles. The number of hydrazone groups is 1. The van der Waals surface area contributed by atoms with E-state index in [1.807, 2.05) is 29.4 Å². The molecule has 1 aromatic carbocycles. The zero-order valence-electron chi connectivity index (χ0n) is 19.1. The quantitative estimate of drug-likeness (QED) is 0.562. The van der Waals surface area contributed by atoms with Gasteiger partial charge in [0.1, 0.15) is 5.04 Å². The molecule has 1 fully saturated rings. The monoisotopic (exact) mass is 528 g/mol. The van der Waals surface area contributed by atoms with Gasteiger partial charge in [0, 0.05) is 29.5 Å². The van der Waals surface area contributed by atoms with Gasteiger partial charge in [-0.3, -0.25) is 15.0 Å². The van der Waals surface area contributed by atoms with Crippen LogP contribution in [0.25, 0.3) is 11.8 Å². The first-order valence-corrected chi connectivity index (χ1v) is 12.7. The fourth-order valence-corrected chi connectivity index (χ4v) is 5.67. The average Bonchev–Trinajstić information content (AvgIpc) is 3.53. The SMILES string of the molecule is Cc1cc(/C=C2/C(=N)N3N=C(CC(=O)N4CCCC4)SC3=NC2=O)c(C)n1-c1cc(Cl)ccc1Cl. The van der Waals surface area contributed by atoms with Crippen LogP contribution in [0, 0.1) is 19.3 Å². The van der Waals surface area contributed by atoms with Crippen molar-refractivity contribution in [2.45, 2.75) is 33.1 Å². The van der Waals surface area contributed by atoms with Crippen LogP contribution >= 0.6 is 35.0 Å². The minimum Gasteiger partial charge on any atom is -0.342 e. The Bertz CT molecular complexity index is 1370. The maximum absolute atomic E-state index is 12.9. The van der Waals surface area contributed by atoms with Crippen LogP contribution in [-0.4, -0.2) is 55.4 Å². The van der Waals surface area contributed by atoms with E-state index in [1.54, 1.807) is 24.3 Å². The summed E-state index contributed by atoms with van der Waals surface area (Å²) in [6.45, 7) is 5.37. The highest BCUT2D eigenvalue weighted by Gasteiger charge is 2.36. The van der Waals surface area contributed by atoms with Crippen molar-refractivity contribution in [1.82, 2.24) is 14.5 Å². The van der Waals surface area contributed by atoms with Gasteiger partial charge in [-0.1, -0.05) is 23.2 Å². The van der Waals surface area contributed by atoms with Crippen molar-refractivity contribution in [1.29, 1.82) is 5.41 Å². The highest BCUT2D eigenvalue weighted by atomic mass is 35.5. The predicted octanol–water partition coefficient (Wildman–Crippen LogP) is 5.03. The molecule has 0 atom stereocenters. The van der Waals surface area contributed by atoms with Crippen LogP contribution in [0.1, 0.15) is 36.2 Å². The Kier molecular flexibility index (Phi) is 6.33. The number of amidine groups is 2. The normalized spacial score (nSPS) is 18.9. The molecule has 0 unspecified atom stereocenters. The van der Waals surface area contributed by atoms with E-state index in [2.05, 4.69) is 10.1 Å². The molecule has 8 nitrogen and oxygen atoms in total. The molecule has 0 bridgehead atoms. The lowest BCUT2D eigenvalue weighted by molar-refractivity contribution is -0.128. The summed E-state index contributed by atoms with van der Waals surface area (Å²) in [5.74, 6) is -0.571. The first kappa shape index (κ1) is 23.8. The van der Waals surface area contributed by atoms with Gasteiger partial charge in [0.05, 0.1) is 22.7 Å². The number of aliphatic imine (C=N–C) groups is 1. The van der Waals surface area contributed by atoms with Gasteiger partial charge >= 0.3 is 0 Å². The zero-order valence-corrected chi connectivity index (χ0v) is 21.5. The van der Waals surface area contributed by atoms with Crippen molar-refractivity contribution in [3.05, 3.63) is 56.8 Å². The van der Waals surface area contributed by atoms with Crippen LogP contribution in [0.4, 0.5) is 0 Å². The van der Waals surface area contributed by atoms with Crippen molar-refractivity contribution < 1.29 is 9.59 Å². The van der Waals surface area contributed by atoms with Crippen LogP contribution in [0.5, 0.6) is 0 Å². The van der Waals surface area contributed by atoms with Gasteiger partial charge in [-0.2, -0.15) is 15.1 Å². The summed E-state index contributed by atoms with van der Waals surface area (Å²) in [4.78, 5) is 31.3. The number of rotatable bonds is 4. The molecule has 4 heterocycles. The van der Waals surface area contributed by atoms with Crippen molar-refractivity contribution in [2.75, 3.05) is 13.1 Å². The molecule has 3 aliphatic rings. The van der Waals surface area contributed by atoms with E-state index in [-0.39, 0.29) is 23.7 Å². The van der Waals surface area contributed by atoms with Gasteiger partial charge in [-0.25, -0.2) is 0 Å². The molecule has 0 aliphatic carbocycles. The number of nitrogens with one attached hydrogen (secondary N) is 1. The molecule has 1 saturated heterocycles. The summed E-state index contributed by atoms with van der Waals surface area (Å²) in [5.41, 5.74) is 3.35. The largest absolute Gasteiger partial charge is 0.342 e. The predicted molar refractivity (Wildman–Crippen MR) is 141 cm³/mol. The highest BCUT2D eigenvalue weighted by molar-refractivity contribution is 8.27. The number of thioether (sulfide) groups is 1. The number of halogens is 2. The van der Waals surface area contributed by atoms with Crippen LogP contribution in [-0.2, 0) is 9.59 Å². The molecule has 11 heteroatoms. The molecule has 3 aliphatic heterocycles. The molecule has 0 spiro atoms. The molecule has 5 rings (SSSR count). The Morgan fingerprint density at radius 1 is 1.20 bits per heavy atom.